The number of carbonyl (C=O) groups excluding carboxylic acids is 1. The summed E-state index contributed by atoms with van der Waals surface area (Å²) in [5, 5.41) is 15.3. The number of nitrogens with one attached hydrogen (secondary N) is 1. The van der Waals surface area contributed by atoms with Gasteiger partial charge in [0.1, 0.15) is 12.7 Å². The van der Waals surface area contributed by atoms with Crippen molar-refractivity contribution in [2.45, 2.75) is 64.6 Å². The molecule has 0 aliphatic heterocycles. The summed E-state index contributed by atoms with van der Waals surface area (Å²) in [5.41, 5.74) is 1.49. The van der Waals surface area contributed by atoms with E-state index in [0.717, 1.165) is 44.3 Å². The monoisotopic (exact) mass is 316 g/mol. The van der Waals surface area contributed by atoms with Crippen LogP contribution in [0.15, 0.2) is 18.9 Å². The number of aromatic nitrogens is 5. The van der Waals surface area contributed by atoms with Gasteiger partial charge in [-0.05, 0) is 39.0 Å². The molecule has 2 aromatic heterocycles. The number of nitrogens with zero attached hydrogens (tertiary/aromatic N) is 5. The van der Waals surface area contributed by atoms with E-state index < -0.39 is 0 Å². The van der Waals surface area contributed by atoms with E-state index in [1.165, 1.54) is 0 Å². The molecule has 1 N–H and O–H groups in total. The lowest BCUT2D eigenvalue weighted by Crippen LogP contribution is -2.38. The fourth-order valence-corrected chi connectivity index (χ4v) is 3.26. The van der Waals surface area contributed by atoms with Crippen molar-refractivity contribution in [1.29, 1.82) is 0 Å². The second kappa shape index (κ2) is 6.93. The van der Waals surface area contributed by atoms with Crippen molar-refractivity contribution in [2.24, 2.45) is 0 Å². The number of hydrogen-bond donors (Lipinski definition) is 1. The molecule has 124 valence electrons. The molecule has 1 saturated carbocycles. The highest BCUT2D eigenvalue weighted by Crippen LogP contribution is 2.28. The zero-order valence-corrected chi connectivity index (χ0v) is 13.8. The van der Waals surface area contributed by atoms with Gasteiger partial charge in [0.25, 0.3) is 5.91 Å². The van der Waals surface area contributed by atoms with Crippen LogP contribution in [0.2, 0.25) is 0 Å². The Balaban J connectivity index is 1.55. The highest BCUT2D eigenvalue weighted by Gasteiger charge is 2.24. The predicted octanol–water partition coefficient (Wildman–Crippen LogP) is 2.11. The van der Waals surface area contributed by atoms with Crippen LogP contribution >= 0.6 is 0 Å². The van der Waals surface area contributed by atoms with E-state index in [0.29, 0.717) is 11.6 Å². The first-order valence-electron chi connectivity index (χ1n) is 8.36. The van der Waals surface area contributed by atoms with Crippen molar-refractivity contribution >= 4 is 5.91 Å². The van der Waals surface area contributed by atoms with Crippen LogP contribution in [0.4, 0.5) is 0 Å². The molecule has 1 fully saturated rings. The molecular formula is C16H24N6O. The summed E-state index contributed by atoms with van der Waals surface area (Å²) in [6.07, 6.45) is 10.5. The van der Waals surface area contributed by atoms with Crippen LogP contribution in [-0.4, -0.2) is 36.5 Å². The molecule has 0 radical (unpaired) electrons. The molecule has 2 heterocycles. The molecule has 7 heteroatoms. The van der Waals surface area contributed by atoms with Crippen molar-refractivity contribution in [3.63, 3.8) is 0 Å². The van der Waals surface area contributed by atoms with E-state index in [2.05, 4.69) is 32.1 Å². The zero-order valence-electron chi connectivity index (χ0n) is 13.8. The van der Waals surface area contributed by atoms with Gasteiger partial charge in [-0.3, -0.25) is 9.48 Å². The molecule has 0 spiro atoms. The summed E-state index contributed by atoms with van der Waals surface area (Å²) >= 11 is 0. The van der Waals surface area contributed by atoms with Crippen molar-refractivity contribution in [3.05, 3.63) is 30.1 Å². The van der Waals surface area contributed by atoms with Crippen LogP contribution in [0.5, 0.6) is 0 Å². The Hall–Kier alpha value is -2.18. The van der Waals surface area contributed by atoms with Crippen molar-refractivity contribution in [2.75, 3.05) is 0 Å². The van der Waals surface area contributed by atoms with Gasteiger partial charge in [0, 0.05) is 24.8 Å². The van der Waals surface area contributed by atoms with Gasteiger partial charge in [-0.1, -0.05) is 6.92 Å². The Morgan fingerprint density at radius 3 is 2.61 bits per heavy atom. The third-order valence-electron chi connectivity index (χ3n) is 4.53. The van der Waals surface area contributed by atoms with Gasteiger partial charge in [0.2, 0.25) is 0 Å². The van der Waals surface area contributed by atoms with Crippen LogP contribution in [0.1, 0.15) is 61.1 Å². The van der Waals surface area contributed by atoms with Crippen molar-refractivity contribution < 1.29 is 4.79 Å². The average Bonchev–Trinajstić information content (AvgIpc) is 3.18. The summed E-state index contributed by atoms with van der Waals surface area (Å²) in [5.74, 6) is -0.00222. The van der Waals surface area contributed by atoms with E-state index in [-0.39, 0.29) is 11.9 Å². The number of rotatable bonds is 5. The first-order valence-corrected chi connectivity index (χ1v) is 8.36. The number of aryl methyl sites for hydroxylation is 2. The standard InChI is InChI=1S/C16H24N6O/c1-3-8-22-9-15(12(2)20-22)16(23)19-13-4-6-14(7-5-13)21-10-17-18-11-21/h9-11,13-14H,3-8H2,1-2H3,(H,19,23). The molecule has 0 unspecified atom stereocenters. The van der Waals surface area contributed by atoms with E-state index >= 15 is 0 Å². The summed E-state index contributed by atoms with van der Waals surface area (Å²) in [6, 6.07) is 0.691. The summed E-state index contributed by atoms with van der Waals surface area (Å²) in [7, 11) is 0. The molecule has 1 aliphatic rings. The van der Waals surface area contributed by atoms with Gasteiger partial charge in [-0.15, -0.1) is 10.2 Å². The lowest BCUT2D eigenvalue weighted by molar-refractivity contribution is 0.0922. The molecular weight excluding hydrogens is 292 g/mol. The maximum Gasteiger partial charge on any atom is 0.254 e. The third-order valence-corrected chi connectivity index (χ3v) is 4.53. The normalized spacial score (nSPS) is 21.3. The molecule has 1 aliphatic carbocycles. The SMILES string of the molecule is CCCn1cc(C(=O)NC2CCC(n3cnnc3)CC2)c(C)n1. The Bertz CT molecular complexity index is 640. The van der Waals surface area contributed by atoms with Gasteiger partial charge >= 0.3 is 0 Å². The summed E-state index contributed by atoms with van der Waals surface area (Å²) in [6.45, 7) is 4.84. The molecule has 0 atom stereocenters. The van der Waals surface area contributed by atoms with Gasteiger partial charge < -0.3 is 9.88 Å². The lowest BCUT2D eigenvalue weighted by Gasteiger charge is -2.29. The van der Waals surface area contributed by atoms with Crippen LogP contribution in [0, 0.1) is 6.92 Å². The van der Waals surface area contributed by atoms with Crippen LogP contribution in [-0.2, 0) is 6.54 Å². The fraction of sp³-hybridized carbons (Fsp3) is 0.625. The second-order valence-corrected chi connectivity index (χ2v) is 6.28. The molecule has 2 aromatic rings. The highest BCUT2D eigenvalue weighted by atomic mass is 16.1. The van der Waals surface area contributed by atoms with Crippen LogP contribution < -0.4 is 5.32 Å². The molecule has 1 amide bonds. The first kappa shape index (κ1) is 15.7. The second-order valence-electron chi connectivity index (χ2n) is 6.28. The molecule has 3 rings (SSSR count). The minimum atomic E-state index is -0.00222. The molecule has 7 nitrogen and oxygen atoms in total. The summed E-state index contributed by atoms with van der Waals surface area (Å²) < 4.78 is 3.92. The lowest BCUT2D eigenvalue weighted by atomic mass is 9.91. The predicted molar refractivity (Wildman–Crippen MR) is 86.0 cm³/mol. The molecule has 0 saturated heterocycles. The molecule has 0 bridgehead atoms. The largest absolute Gasteiger partial charge is 0.349 e. The van der Waals surface area contributed by atoms with Crippen LogP contribution in [0.25, 0.3) is 0 Å². The third kappa shape index (κ3) is 3.60. The van der Waals surface area contributed by atoms with Gasteiger partial charge in [0.15, 0.2) is 0 Å². The minimum absolute atomic E-state index is 0.00222. The molecule has 0 aromatic carbocycles. The van der Waals surface area contributed by atoms with E-state index in [1.807, 2.05) is 17.8 Å². The highest BCUT2D eigenvalue weighted by molar-refractivity contribution is 5.95. The van der Waals surface area contributed by atoms with Gasteiger partial charge in [-0.25, -0.2) is 0 Å². The fourth-order valence-electron chi connectivity index (χ4n) is 3.26. The topological polar surface area (TPSA) is 77.6 Å². The number of carbonyl (C=O) groups is 1. The summed E-state index contributed by atoms with van der Waals surface area (Å²) in [4.78, 5) is 12.5. The quantitative estimate of drug-likeness (QED) is 0.916. The van der Waals surface area contributed by atoms with E-state index in [9.17, 15) is 4.79 Å². The van der Waals surface area contributed by atoms with Crippen LogP contribution in [0.3, 0.4) is 0 Å². The Morgan fingerprint density at radius 2 is 1.96 bits per heavy atom. The molecule has 23 heavy (non-hydrogen) atoms. The maximum absolute atomic E-state index is 12.5. The number of amides is 1. The zero-order chi connectivity index (χ0) is 16.2. The van der Waals surface area contributed by atoms with E-state index in [4.69, 9.17) is 0 Å². The Morgan fingerprint density at radius 1 is 1.26 bits per heavy atom. The average molecular weight is 316 g/mol. The van der Waals surface area contributed by atoms with E-state index in [1.54, 1.807) is 12.7 Å². The minimum Gasteiger partial charge on any atom is -0.349 e. The maximum atomic E-state index is 12.5. The van der Waals surface area contributed by atoms with Crippen molar-refractivity contribution in [1.82, 2.24) is 29.9 Å². The van der Waals surface area contributed by atoms with Gasteiger partial charge in [-0.2, -0.15) is 5.10 Å². The van der Waals surface area contributed by atoms with Gasteiger partial charge in [0.05, 0.1) is 11.3 Å². The van der Waals surface area contributed by atoms with Crippen molar-refractivity contribution in [3.8, 4) is 0 Å². The Kier molecular flexibility index (Phi) is 4.73. The first-order chi connectivity index (χ1) is 11.2. The number of hydrogen-bond acceptors (Lipinski definition) is 4. The smallest absolute Gasteiger partial charge is 0.254 e. The Labute approximate surface area is 136 Å².